The minimum absolute atomic E-state index is 0.0842. The molecule has 1 N–H and O–H groups in total. The number of amides is 2. The number of nitrogens with one attached hydrogen (secondary N) is 1. The number of aryl methyl sites for hydroxylation is 1. The standard InChI is InChI=1S/C30H36BrN3O4S/c1-21(2)18-32-30(36)24(5)33(19-25-14-16-26(31)17-15-25)29(35)20-34(28-13-9-10-22(3)23(28)4)39(37,38)27-11-7-6-8-12-27/h6-17,21,24H,18-20H2,1-5H3,(H,32,36). The average molecular weight is 615 g/mol. The van der Waals surface area contributed by atoms with Crippen LogP contribution < -0.4 is 9.62 Å². The summed E-state index contributed by atoms with van der Waals surface area (Å²) in [5.74, 6) is -0.531. The SMILES string of the molecule is Cc1cccc(N(CC(=O)N(Cc2ccc(Br)cc2)C(C)C(=O)NCC(C)C)S(=O)(=O)c2ccccc2)c1C. The Balaban J connectivity index is 2.04. The van der Waals surface area contributed by atoms with E-state index in [4.69, 9.17) is 0 Å². The first-order valence-corrected chi connectivity index (χ1v) is 15.1. The van der Waals surface area contributed by atoms with E-state index in [9.17, 15) is 18.0 Å². The molecule has 0 saturated heterocycles. The Morgan fingerprint density at radius 3 is 2.15 bits per heavy atom. The van der Waals surface area contributed by atoms with Crippen molar-refractivity contribution in [2.24, 2.45) is 5.92 Å². The first-order valence-electron chi connectivity index (χ1n) is 12.9. The number of carbonyl (C=O) groups excluding carboxylic acids is 2. The van der Waals surface area contributed by atoms with Crippen LogP contribution in [0.15, 0.2) is 82.2 Å². The molecule has 0 bridgehead atoms. The van der Waals surface area contributed by atoms with Gasteiger partial charge in [-0.15, -0.1) is 0 Å². The summed E-state index contributed by atoms with van der Waals surface area (Å²) in [6.07, 6.45) is 0. The lowest BCUT2D eigenvalue weighted by molar-refractivity contribution is -0.139. The van der Waals surface area contributed by atoms with Crippen molar-refractivity contribution in [2.75, 3.05) is 17.4 Å². The second-order valence-electron chi connectivity index (χ2n) is 10.0. The van der Waals surface area contributed by atoms with Gasteiger partial charge in [-0.05, 0) is 73.7 Å². The van der Waals surface area contributed by atoms with E-state index >= 15 is 0 Å². The van der Waals surface area contributed by atoms with E-state index in [1.54, 1.807) is 37.3 Å². The molecule has 0 aliphatic carbocycles. The number of rotatable bonds is 11. The van der Waals surface area contributed by atoms with Crippen molar-refractivity contribution in [3.05, 3.63) is 94.0 Å². The summed E-state index contributed by atoms with van der Waals surface area (Å²) in [7, 11) is -4.09. The highest BCUT2D eigenvalue weighted by Gasteiger charge is 2.33. The summed E-state index contributed by atoms with van der Waals surface area (Å²) in [6, 6.07) is 20.1. The highest BCUT2D eigenvalue weighted by molar-refractivity contribution is 9.10. The summed E-state index contributed by atoms with van der Waals surface area (Å²) in [4.78, 5) is 28.6. The second kappa shape index (κ2) is 13.3. The molecule has 208 valence electrons. The number of anilines is 1. The fraction of sp³-hybridized carbons (Fsp3) is 0.333. The Kier molecular flexibility index (Phi) is 10.3. The van der Waals surface area contributed by atoms with Gasteiger partial charge in [0.15, 0.2) is 0 Å². The van der Waals surface area contributed by atoms with Crippen molar-refractivity contribution in [2.45, 2.75) is 52.1 Å². The van der Waals surface area contributed by atoms with Gasteiger partial charge in [0, 0.05) is 17.6 Å². The van der Waals surface area contributed by atoms with Crippen LogP contribution in [0.2, 0.25) is 0 Å². The van der Waals surface area contributed by atoms with E-state index < -0.39 is 28.5 Å². The molecule has 0 aromatic heterocycles. The molecule has 0 spiro atoms. The Morgan fingerprint density at radius 2 is 1.54 bits per heavy atom. The molecule has 1 atom stereocenters. The lowest BCUT2D eigenvalue weighted by atomic mass is 10.1. The fourth-order valence-corrected chi connectivity index (χ4v) is 5.82. The van der Waals surface area contributed by atoms with Crippen LogP contribution in [0.5, 0.6) is 0 Å². The van der Waals surface area contributed by atoms with Crippen LogP contribution in [-0.4, -0.2) is 44.3 Å². The molecule has 1 unspecified atom stereocenters. The zero-order valence-corrected chi connectivity index (χ0v) is 25.4. The Hall–Kier alpha value is -3.17. The van der Waals surface area contributed by atoms with E-state index in [1.807, 2.05) is 58.0 Å². The summed E-state index contributed by atoms with van der Waals surface area (Å²) in [5, 5.41) is 2.90. The van der Waals surface area contributed by atoms with Crippen LogP contribution in [0.1, 0.15) is 37.5 Å². The predicted octanol–water partition coefficient (Wildman–Crippen LogP) is 5.45. The van der Waals surface area contributed by atoms with Crippen LogP contribution in [0.4, 0.5) is 5.69 Å². The van der Waals surface area contributed by atoms with Gasteiger partial charge in [0.25, 0.3) is 10.0 Å². The molecular weight excluding hydrogens is 578 g/mol. The molecule has 9 heteroatoms. The van der Waals surface area contributed by atoms with Gasteiger partial charge in [-0.3, -0.25) is 13.9 Å². The molecule has 3 aromatic carbocycles. The zero-order valence-electron chi connectivity index (χ0n) is 23.0. The van der Waals surface area contributed by atoms with Gasteiger partial charge in [0.2, 0.25) is 11.8 Å². The van der Waals surface area contributed by atoms with Gasteiger partial charge in [0.1, 0.15) is 12.6 Å². The molecule has 2 amide bonds. The van der Waals surface area contributed by atoms with Crippen LogP contribution in [0.3, 0.4) is 0 Å². The first-order chi connectivity index (χ1) is 18.4. The molecule has 0 aliphatic rings. The maximum absolute atomic E-state index is 14.0. The van der Waals surface area contributed by atoms with Crippen molar-refractivity contribution in [3.8, 4) is 0 Å². The van der Waals surface area contributed by atoms with Gasteiger partial charge >= 0.3 is 0 Å². The molecule has 39 heavy (non-hydrogen) atoms. The second-order valence-corrected chi connectivity index (χ2v) is 12.8. The number of carbonyl (C=O) groups is 2. The van der Waals surface area contributed by atoms with E-state index in [-0.39, 0.29) is 23.3 Å². The average Bonchev–Trinajstić information content (AvgIpc) is 2.91. The largest absolute Gasteiger partial charge is 0.354 e. The lowest BCUT2D eigenvalue weighted by Gasteiger charge is -2.32. The third-order valence-corrected chi connectivity index (χ3v) is 8.88. The molecule has 0 aliphatic heterocycles. The first kappa shape index (κ1) is 30.4. The number of halogens is 1. The van der Waals surface area contributed by atoms with Crippen molar-refractivity contribution in [1.29, 1.82) is 0 Å². The van der Waals surface area contributed by atoms with Gasteiger partial charge in [-0.25, -0.2) is 8.42 Å². The third kappa shape index (κ3) is 7.70. The molecule has 3 rings (SSSR count). The number of hydrogen-bond acceptors (Lipinski definition) is 4. The third-order valence-electron chi connectivity index (χ3n) is 6.57. The monoisotopic (exact) mass is 613 g/mol. The molecule has 0 radical (unpaired) electrons. The maximum atomic E-state index is 14.0. The van der Waals surface area contributed by atoms with E-state index in [1.165, 1.54) is 17.0 Å². The van der Waals surface area contributed by atoms with E-state index in [2.05, 4.69) is 21.2 Å². The molecule has 7 nitrogen and oxygen atoms in total. The van der Waals surface area contributed by atoms with Crippen LogP contribution in [0.25, 0.3) is 0 Å². The molecular formula is C30H36BrN3O4S. The van der Waals surface area contributed by atoms with Gasteiger partial charge < -0.3 is 10.2 Å². The Labute approximate surface area is 240 Å². The molecule has 3 aromatic rings. The van der Waals surface area contributed by atoms with Crippen molar-refractivity contribution < 1.29 is 18.0 Å². The minimum atomic E-state index is -4.09. The number of sulfonamides is 1. The van der Waals surface area contributed by atoms with Crippen molar-refractivity contribution in [3.63, 3.8) is 0 Å². The lowest BCUT2D eigenvalue weighted by Crippen LogP contribution is -2.51. The summed E-state index contributed by atoms with van der Waals surface area (Å²) < 4.78 is 29.8. The fourth-order valence-electron chi connectivity index (χ4n) is 4.06. The zero-order chi connectivity index (χ0) is 28.7. The quantitative estimate of drug-likeness (QED) is 0.311. The van der Waals surface area contributed by atoms with Crippen LogP contribution >= 0.6 is 15.9 Å². The Bertz CT molecular complexity index is 1390. The topological polar surface area (TPSA) is 86.8 Å². The Morgan fingerprint density at radius 1 is 0.897 bits per heavy atom. The van der Waals surface area contributed by atoms with E-state index in [0.717, 1.165) is 25.5 Å². The minimum Gasteiger partial charge on any atom is -0.354 e. The van der Waals surface area contributed by atoms with Crippen LogP contribution in [0, 0.1) is 19.8 Å². The van der Waals surface area contributed by atoms with Gasteiger partial charge in [-0.2, -0.15) is 0 Å². The number of hydrogen-bond donors (Lipinski definition) is 1. The van der Waals surface area contributed by atoms with Crippen LogP contribution in [-0.2, 0) is 26.2 Å². The summed E-state index contributed by atoms with van der Waals surface area (Å²) >= 11 is 3.42. The smallest absolute Gasteiger partial charge is 0.264 e. The van der Waals surface area contributed by atoms with Gasteiger partial charge in [-0.1, -0.05) is 72.2 Å². The maximum Gasteiger partial charge on any atom is 0.264 e. The highest BCUT2D eigenvalue weighted by atomic mass is 79.9. The normalized spacial score (nSPS) is 12.2. The summed E-state index contributed by atoms with van der Waals surface area (Å²) in [5.41, 5.74) is 2.90. The molecule has 0 heterocycles. The highest BCUT2D eigenvalue weighted by Crippen LogP contribution is 2.29. The predicted molar refractivity (Wildman–Crippen MR) is 159 cm³/mol. The summed E-state index contributed by atoms with van der Waals surface area (Å²) in [6.45, 7) is 9.55. The number of nitrogens with zero attached hydrogens (tertiary/aromatic N) is 2. The van der Waals surface area contributed by atoms with Crippen molar-refractivity contribution >= 4 is 43.5 Å². The van der Waals surface area contributed by atoms with Crippen molar-refractivity contribution in [1.82, 2.24) is 10.2 Å². The molecule has 0 saturated carbocycles. The van der Waals surface area contributed by atoms with E-state index in [0.29, 0.717) is 12.2 Å². The molecule has 0 fully saturated rings. The van der Waals surface area contributed by atoms with Gasteiger partial charge in [0.05, 0.1) is 10.6 Å². The number of benzene rings is 3.